The van der Waals surface area contributed by atoms with Gasteiger partial charge in [0.15, 0.2) is 0 Å². The van der Waals surface area contributed by atoms with Crippen LogP contribution in [-0.4, -0.2) is 49.7 Å². The minimum Gasteiger partial charge on any atom is -0.463 e. The first-order chi connectivity index (χ1) is 9.66. The van der Waals surface area contributed by atoms with Crippen LogP contribution in [-0.2, 0) is 9.53 Å². The van der Waals surface area contributed by atoms with Gasteiger partial charge < -0.3 is 15.4 Å². The van der Waals surface area contributed by atoms with Crippen molar-refractivity contribution in [1.82, 2.24) is 15.5 Å². The summed E-state index contributed by atoms with van der Waals surface area (Å²) in [6, 6.07) is 0.00935. The van der Waals surface area contributed by atoms with Crippen LogP contribution in [0.4, 0.5) is 4.79 Å². The molecule has 0 aromatic heterocycles. The third kappa shape index (κ3) is 4.74. The number of likely N-dealkylation sites (N-methyl/N-ethyl adjacent to an activating group) is 1. The highest BCUT2D eigenvalue weighted by Gasteiger charge is 2.28. The summed E-state index contributed by atoms with van der Waals surface area (Å²) in [5, 5.41) is 5.34. The quantitative estimate of drug-likeness (QED) is 0.754. The lowest BCUT2D eigenvalue weighted by Gasteiger charge is -2.36. The van der Waals surface area contributed by atoms with Crippen LogP contribution in [0.2, 0.25) is 0 Å². The van der Waals surface area contributed by atoms with E-state index in [-0.39, 0.29) is 24.0 Å². The second kappa shape index (κ2) is 6.93. The standard InChI is InChI=1S/C15H27N3O3/c1-7-21-13(19)11-8-16-14(20)17-12(11)9-18(6)10(2)15(3,4)5/h10H,7-9H2,1-6H3,(H2,16,17,20)/t10-/m0/s1. The van der Waals surface area contributed by atoms with E-state index in [2.05, 4.69) is 43.2 Å². The van der Waals surface area contributed by atoms with Crippen molar-refractivity contribution < 1.29 is 14.3 Å². The molecule has 0 bridgehead atoms. The lowest BCUT2D eigenvalue weighted by atomic mass is 9.87. The molecule has 1 aliphatic rings. The van der Waals surface area contributed by atoms with Crippen molar-refractivity contribution in [3.8, 4) is 0 Å². The molecule has 0 radical (unpaired) electrons. The number of carbonyl (C=O) groups is 2. The Morgan fingerprint density at radius 2 is 2.05 bits per heavy atom. The van der Waals surface area contributed by atoms with Gasteiger partial charge in [-0.25, -0.2) is 9.59 Å². The van der Waals surface area contributed by atoms with Gasteiger partial charge in [-0.1, -0.05) is 20.8 Å². The third-order valence-corrected chi connectivity index (χ3v) is 3.90. The monoisotopic (exact) mass is 297 g/mol. The normalized spacial score (nSPS) is 17.4. The van der Waals surface area contributed by atoms with Crippen LogP contribution < -0.4 is 10.6 Å². The number of nitrogens with zero attached hydrogens (tertiary/aromatic N) is 1. The molecule has 2 amide bonds. The van der Waals surface area contributed by atoms with E-state index in [1.807, 2.05) is 7.05 Å². The molecule has 1 rings (SSSR count). The molecular weight excluding hydrogens is 270 g/mol. The highest BCUT2D eigenvalue weighted by atomic mass is 16.5. The molecule has 0 fully saturated rings. The summed E-state index contributed by atoms with van der Waals surface area (Å²) in [5.74, 6) is -0.378. The molecule has 0 aromatic rings. The first-order valence-electron chi connectivity index (χ1n) is 7.31. The Balaban J connectivity index is 2.92. The van der Waals surface area contributed by atoms with Crippen LogP contribution in [0.25, 0.3) is 0 Å². The van der Waals surface area contributed by atoms with Gasteiger partial charge in [0.2, 0.25) is 0 Å². The number of hydrogen-bond acceptors (Lipinski definition) is 4. The average molecular weight is 297 g/mol. The smallest absolute Gasteiger partial charge is 0.337 e. The Labute approximate surface area is 126 Å². The van der Waals surface area contributed by atoms with E-state index in [9.17, 15) is 9.59 Å². The van der Waals surface area contributed by atoms with Gasteiger partial charge >= 0.3 is 12.0 Å². The molecular formula is C15H27N3O3. The van der Waals surface area contributed by atoms with Crippen LogP contribution in [0.1, 0.15) is 34.6 Å². The van der Waals surface area contributed by atoms with Gasteiger partial charge in [-0.05, 0) is 26.3 Å². The highest BCUT2D eigenvalue weighted by molar-refractivity contribution is 5.93. The van der Waals surface area contributed by atoms with E-state index in [0.717, 1.165) is 0 Å². The van der Waals surface area contributed by atoms with Gasteiger partial charge in [0.05, 0.1) is 18.7 Å². The molecule has 0 aromatic carbocycles. The maximum absolute atomic E-state index is 12.0. The van der Waals surface area contributed by atoms with Gasteiger partial charge in [-0.2, -0.15) is 0 Å². The molecule has 0 aliphatic carbocycles. The van der Waals surface area contributed by atoms with Gasteiger partial charge in [0, 0.05) is 18.3 Å². The summed E-state index contributed by atoms with van der Waals surface area (Å²) in [6.07, 6.45) is 0. The van der Waals surface area contributed by atoms with Crippen molar-refractivity contribution in [2.45, 2.75) is 40.7 Å². The molecule has 1 aliphatic heterocycles. The zero-order valence-corrected chi connectivity index (χ0v) is 13.9. The van der Waals surface area contributed by atoms with Crippen molar-refractivity contribution in [3.63, 3.8) is 0 Å². The van der Waals surface area contributed by atoms with E-state index < -0.39 is 0 Å². The fraction of sp³-hybridized carbons (Fsp3) is 0.733. The summed E-state index contributed by atoms with van der Waals surface area (Å²) in [4.78, 5) is 25.6. The summed E-state index contributed by atoms with van der Waals surface area (Å²) in [5.41, 5.74) is 1.22. The van der Waals surface area contributed by atoms with E-state index in [0.29, 0.717) is 30.5 Å². The first kappa shape index (κ1) is 17.5. The van der Waals surface area contributed by atoms with Gasteiger partial charge in [-0.3, -0.25) is 4.90 Å². The zero-order valence-electron chi connectivity index (χ0n) is 13.9. The van der Waals surface area contributed by atoms with Crippen molar-refractivity contribution in [2.75, 3.05) is 26.7 Å². The molecule has 21 heavy (non-hydrogen) atoms. The van der Waals surface area contributed by atoms with Crippen LogP contribution in [0.5, 0.6) is 0 Å². The SMILES string of the molecule is CCOC(=O)C1=C(CN(C)[C@@H](C)C(C)(C)C)NC(=O)NC1. The Hall–Kier alpha value is -1.56. The van der Waals surface area contributed by atoms with E-state index in [1.165, 1.54) is 0 Å². The van der Waals surface area contributed by atoms with Gasteiger partial charge in [0.25, 0.3) is 0 Å². The third-order valence-electron chi connectivity index (χ3n) is 3.90. The average Bonchev–Trinajstić information content (AvgIpc) is 2.37. The Morgan fingerprint density at radius 3 is 2.57 bits per heavy atom. The summed E-state index contributed by atoms with van der Waals surface area (Å²) < 4.78 is 5.05. The lowest BCUT2D eigenvalue weighted by molar-refractivity contribution is -0.138. The molecule has 0 spiro atoms. The maximum Gasteiger partial charge on any atom is 0.337 e. The summed E-state index contributed by atoms with van der Waals surface area (Å²) in [7, 11) is 1.99. The number of nitrogens with one attached hydrogen (secondary N) is 2. The number of ether oxygens (including phenoxy) is 1. The van der Waals surface area contributed by atoms with Crippen molar-refractivity contribution in [1.29, 1.82) is 0 Å². The maximum atomic E-state index is 12.0. The fourth-order valence-corrected chi connectivity index (χ4v) is 2.13. The topological polar surface area (TPSA) is 70.7 Å². The van der Waals surface area contributed by atoms with Crippen LogP contribution in [0, 0.1) is 5.41 Å². The second-order valence-corrected chi connectivity index (χ2v) is 6.44. The molecule has 0 saturated heterocycles. The van der Waals surface area contributed by atoms with E-state index >= 15 is 0 Å². The highest BCUT2D eigenvalue weighted by Crippen LogP contribution is 2.24. The zero-order chi connectivity index (χ0) is 16.2. The van der Waals surface area contributed by atoms with Crippen molar-refractivity contribution in [3.05, 3.63) is 11.3 Å². The molecule has 0 unspecified atom stereocenters. The predicted octanol–water partition coefficient (Wildman–Crippen LogP) is 1.48. The lowest BCUT2D eigenvalue weighted by Crippen LogP contribution is -2.48. The Kier molecular flexibility index (Phi) is 5.78. The second-order valence-electron chi connectivity index (χ2n) is 6.44. The molecule has 2 N–H and O–H groups in total. The molecule has 6 heteroatoms. The summed E-state index contributed by atoms with van der Waals surface area (Å²) >= 11 is 0. The first-order valence-corrected chi connectivity index (χ1v) is 7.31. The number of rotatable bonds is 5. The van der Waals surface area contributed by atoms with Crippen molar-refractivity contribution >= 4 is 12.0 Å². The molecule has 1 atom stereocenters. The Bertz CT molecular complexity index is 438. The van der Waals surface area contributed by atoms with E-state index in [4.69, 9.17) is 4.74 Å². The molecule has 120 valence electrons. The number of amides is 2. The van der Waals surface area contributed by atoms with Crippen LogP contribution in [0.15, 0.2) is 11.3 Å². The van der Waals surface area contributed by atoms with Crippen LogP contribution in [0.3, 0.4) is 0 Å². The minimum absolute atomic E-state index is 0.107. The largest absolute Gasteiger partial charge is 0.463 e. The fourth-order valence-electron chi connectivity index (χ4n) is 2.13. The van der Waals surface area contributed by atoms with Gasteiger partial charge in [-0.15, -0.1) is 0 Å². The minimum atomic E-state index is -0.378. The number of carbonyl (C=O) groups excluding carboxylic acids is 2. The molecule has 6 nitrogen and oxygen atoms in total. The number of esters is 1. The van der Waals surface area contributed by atoms with Crippen molar-refractivity contribution in [2.24, 2.45) is 5.41 Å². The predicted molar refractivity (Wildman–Crippen MR) is 81.7 cm³/mol. The van der Waals surface area contributed by atoms with Gasteiger partial charge in [0.1, 0.15) is 0 Å². The summed E-state index contributed by atoms with van der Waals surface area (Å²) in [6.45, 7) is 11.4. The van der Waals surface area contributed by atoms with E-state index in [1.54, 1.807) is 6.92 Å². The molecule has 1 heterocycles. The van der Waals surface area contributed by atoms with Crippen LogP contribution >= 0.6 is 0 Å². The molecule has 0 saturated carbocycles. The number of hydrogen-bond donors (Lipinski definition) is 2. The Morgan fingerprint density at radius 1 is 1.43 bits per heavy atom. The number of urea groups is 1.